The predicted octanol–water partition coefficient (Wildman–Crippen LogP) is 3.70. The van der Waals surface area contributed by atoms with E-state index in [-0.39, 0.29) is 5.43 Å². The zero-order valence-electron chi connectivity index (χ0n) is 10.3. The molecule has 0 atom stereocenters. The Morgan fingerprint density at radius 2 is 1.58 bits per heavy atom. The van der Waals surface area contributed by atoms with E-state index in [0.717, 1.165) is 16.5 Å². The van der Waals surface area contributed by atoms with Crippen molar-refractivity contribution in [2.24, 2.45) is 0 Å². The number of nitrogens with one attached hydrogen (secondary N) is 1. The average molecular weight is 247 g/mol. The fourth-order valence-corrected chi connectivity index (χ4v) is 2.06. The highest BCUT2D eigenvalue weighted by molar-refractivity contribution is 5.82. The monoisotopic (exact) mass is 247 g/mol. The van der Waals surface area contributed by atoms with Crippen LogP contribution in [0.4, 0.5) is 0 Å². The lowest BCUT2D eigenvalue weighted by Crippen LogP contribution is -2.05. The number of aromatic nitrogens is 1. The molecule has 0 aliphatic heterocycles. The molecule has 19 heavy (non-hydrogen) atoms. The zero-order chi connectivity index (χ0) is 13.1. The van der Waals surface area contributed by atoms with Crippen molar-refractivity contribution < 1.29 is 0 Å². The predicted molar refractivity (Wildman–Crippen MR) is 79.9 cm³/mol. The highest BCUT2D eigenvalue weighted by Crippen LogP contribution is 2.09. The van der Waals surface area contributed by atoms with E-state index < -0.39 is 0 Å². The van der Waals surface area contributed by atoms with E-state index in [0.29, 0.717) is 5.56 Å². The number of benzene rings is 2. The summed E-state index contributed by atoms with van der Waals surface area (Å²) >= 11 is 0. The van der Waals surface area contributed by atoms with Gasteiger partial charge in [0.1, 0.15) is 0 Å². The average Bonchev–Trinajstić information content (AvgIpc) is 2.48. The van der Waals surface area contributed by atoms with Crippen molar-refractivity contribution >= 4 is 23.1 Å². The van der Waals surface area contributed by atoms with Crippen molar-refractivity contribution in [2.75, 3.05) is 0 Å². The number of hydrogen-bond donors (Lipinski definition) is 1. The van der Waals surface area contributed by atoms with Crippen LogP contribution in [-0.4, -0.2) is 4.98 Å². The van der Waals surface area contributed by atoms with Crippen LogP contribution in [0.1, 0.15) is 11.1 Å². The molecule has 0 radical (unpaired) electrons. The van der Waals surface area contributed by atoms with Crippen LogP contribution in [0, 0.1) is 0 Å². The van der Waals surface area contributed by atoms with Crippen molar-refractivity contribution in [3.63, 3.8) is 0 Å². The van der Waals surface area contributed by atoms with Gasteiger partial charge < -0.3 is 4.98 Å². The van der Waals surface area contributed by atoms with E-state index in [2.05, 4.69) is 4.98 Å². The number of hydrogen-bond acceptors (Lipinski definition) is 1. The minimum atomic E-state index is 0.0570. The van der Waals surface area contributed by atoms with Gasteiger partial charge in [-0.1, -0.05) is 48.5 Å². The first-order chi connectivity index (χ1) is 9.34. The summed E-state index contributed by atoms with van der Waals surface area (Å²) in [7, 11) is 0. The van der Waals surface area contributed by atoms with Gasteiger partial charge in [0.05, 0.1) is 0 Å². The molecule has 2 heteroatoms. The summed E-state index contributed by atoms with van der Waals surface area (Å²) < 4.78 is 0. The highest BCUT2D eigenvalue weighted by atomic mass is 16.1. The van der Waals surface area contributed by atoms with Crippen LogP contribution in [0.2, 0.25) is 0 Å². The Balaban J connectivity index is 2.05. The molecule has 0 saturated carbocycles. The number of fused-ring (bicyclic) bond motifs is 1. The lowest BCUT2D eigenvalue weighted by atomic mass is 10.1. The molecule has 1 heterocycles. The van der Waals surface area contributed by atoms with Gasteiger partial charge in [-0.3, -0.25) is 4.79 Å². The smallest absolute Gasteiger partial charge is 0.196 e. The number of aromatic amines is 1. The Morgan fingerprint density at radius 1 is 0.842 bits per heavy atom. The third kappa shape index (κ3) is 2.33. The first-order valence-electron chi connectivity index (χ1n) is 6.18. The Labute approximate surface area is 111 Å². The number of pyridine rings is 1. The fourth-order valence-electron chi connectivity index (χ4n) is 2.06. The molecular formula is C17H13NO. The maximum absolute atomic E-state index is 12.3. The summed E-state index contributed by atoms with van der Waals surface area (Å²) in [5.74, 6) is 0. The highest BCUT2D eigenvalue weighted by Gasteiger charge is 2.01. The summed E-state index contributed by atoms with van der Waals surface area (Å²) in [6.07, 6.45) is 5.55. The first kappa shape index (κ1) is 11.5. The molecule has 0 fully saturated rings. The van der Waals surface area contributed by atoms with Crippen LogP contribution in [0.3, 0.4) is 0 Å². The van der Waals surface area contributed by atoms with Crippen LogP contribution in [-0.2, 0) is 0 Å². The molecule has 3 rings (SSSR count). The van der Waals surface area contributed by atoms with Crippen molar-refractivity contribution in [3.8, 4) is 0 Å². The van der Waals surface area contributed by atoms with Gasteiger partial charge in [-0.15, -0.1) is 0 Å². The maximum atomic E-state index is 12.3. The molecule has 92 valence electrons. The molecule has 0 bridgehead atoms. The SMILES string of the molecule is O=c1c(C=Cc2ccccc2)c[nH]c2ccccc12. The number of rotatable bonds is 2. The van der Waals surface area contributed by atoms with E-state index >= 15 is 0 Å². The quantitative estimate of drug-likeness (QED) is 0.736. The Hall–Kier alpha value is -2.61. The van der Waals surface area contributed by atoms with Crippen molar-refractivity contribution in [1.29, 1.82) is 0 Å². The Bertz CT molecular complexity index is 785. The van der Waals surface area contributed by atoms with E-state index in [1.165, 1.54) is 0 Å². The van der Waals surface area contributed by atoms with Crippen LogP contribution in [0.25, 0.3) is 23.1 Å². The molecule has 0 aliphatic rings. The number of H-pyrrole nitrogens is 1. The maximum Gasteiger partial charge on any atom is 0.196 e. The molecule has 1 aromatic heterocycles. The van der Waals surface area contributed by atoms with Gasteiger partial charge in [-0.05, 0) is 23.8 Å². The van der Waals surface area contributed by atoms with E-state index in [4.69, 9.17) is 0 Å². The van der Waals surface area contributed by atoms with E-state index in [9.17, 15) is 4.79 Å². The van der Waals surface area contributed by atoms with Gasteiger partial charge in [0, 0.05) is 22.7 Å². The standard InChI is InChI=1S/C17H13NO/c19-17-14(11-10-13-6-2-1-3-7-13)12-18-16-9-5-4-8-15(16)17/h1-12H,(H,18,19). The van der Waals surface area contributed by atoms with Gasteiger partial charge in [-0.2, -0.15) is 0 Å². The molecule has 3 aromatic rings. The Kier molecular flexibility index (Phi) is 2.99. The molecule has 1 N–H and O–H groups in total. The normalized spacial score (nSPS) is 11.2. The molecule has 0 aliphatic carbocycles. The van der Waals surface area contributed by atoms with Gasteiger partial charge in [0.25, 0.3) is 0 Å². The topological polar surface area (TPSA) is 32.9 Å². The molecule has 2 nitrogen and oxygen atoms in total. The molecular weight excluding hydrogens is 234 g/mol. The van der Waals surface area contributed by atoms with Gasteiger partial charge in [0.15, 0.2) is 5.43 Å². The van der Waals surface area contributed by atoms with Crippen LogP contribution >= 0.6 is 0 Å². The summed E-state index contributed by atoms with van der Waals surface area (Å²) in [5.41, 5.74) is 2.67. The minimum Gasteiger partial charge on any atom is -0.360 e. The second kappa shape index (κ2) is 4.94. The van der Waals surface area contributed by atoms with Gasteiger partial charge in [0.2, 0.25) is 0 Å². The molecule has 2 aromatic carbocycles. The largest absolute Gasteiger partial charge is 0.360 e. The third-order valence-electron chi connectivity index (χ3n) is 3.07. The molecule has 0 saturated heterocycles. The van der Waals surface area contributed by atoms with Crippen LogP contribution in [0.15, 0.2) is 65.6 Å². The number of para-hydroxylation sites is 1. The van der Waals surface area contributed by atoms with Crippen molar-refractivity contribution in [3.05, 3.63) is 82.1 Å². The lowest BCUT2D eigenvalue weighted by Gasteiger charge is -1.99. The van der Waals surface area contributed by atoms with Gasteiger partial charge in [-0.25, -0.2) is 0 Å². The Morgan fingerprint density at radius 3 is 2.42 bits per heavy atom. The summed E-state index contributed by atoms with van der Waals surface area (Å²) in [6.45, 7) is 0. The van der Waals surface area contributed by atoms with Crippen molar-refractivity contribution in [1.82, 2.24) is 4.98 Å². The molecule has 0 unspecified atom stereocenters. The van der Waals surface area contributed by atoms with Crippen LogP contribution < -0.4 is 5.43 Å². The van der Waals surface area contributed by atoms with Gasteiger partial charge >= 0.3 is 0 Å². The lowest BCUT2D eigenvalue weighted by molar-refractivity contribution is 1.37. The van der Waals surface area contributed by atoms with Crippen molar-refractivity contribution in [2.45, 2.75) is 0 Å². The zero-order valence-corrected chi connectivity index (χ0v) is 10.3. The summed E-state index contributed by atoms with van der Waals surface area (Å²) in [6, 6.07) is 17.5. The third-order valence-corrected chi connectivity index (χ3v) is 3.07. The summed E-state index contributed by atoms with van der Waals surface area (Å²) in [5, 5.41) is 0.720. The van der Waals surface area contributed by atoms with Crippen LogP contribution in [0.5, 0.6) is 0 Å². The fraction of sp³-hybridized carbons (Fsp3) is 0. The first-order valence-corrected chi connectivity index (χ1v) is 6.18. The van der Waals surface area contributed by atoms with E-state index in [1.807, 2.05) is 66.7 Å². The minimum absolute atomic E-state index is 0.0570. The second-order valence-corrected chi connectivity index (χ2v) is 4.36. The molecule has 0 spiro atoms. The summed E-state index contributed by atoms with van der Waals surface area (Å²) in [4.78, 5) is 15.4. The van der Waals surface area contributed by atoms with E-state index in [1.54, 1.807) is 6.20 Å². The molecule has 0 amide bonds. The second-order valence-electron chi connectivity index (χ2n) is 4.36.